The lowest BCUT2D eigenvalue weighted by atomic mass is 10.1. The van der Waals surface area contributed by atoms with Crippen molar-refractivity contribution in [2.45, 2.75) is 13.0 Å². The summed E-state index contributed by atoms with van der Waals surface area (Å²) in [6.45, 7) is 0.865. The topological polar surface area (TPSA) is 82.5 Å². The van der Waals surface area contributed by atoms with Crippen molar-refractivity contribution in [2.24, 2.45) is 5.92 Å². The first-order chi connectivity index (χ1) is 11.1. The number of carbonyl (C=O) groups excluding carboxylic acids is 1. The fourth-order valence-corrected chi connectivity index (χ4v) is 2.56. The average Bonchev–Trinajstić information content (AvgIpc) is 2.97. The van der Waals surface area contributed by atoms with Gasteiger partial charge in [-0.15, -0.1) is 0 Å². The van der Waals surface area contributed by atoms with Crippen LogP contribution in [0.25, 0.3) is 0 Å². The Bertz CT molecular complexity index is 701. The fourth-order valence-electron chi connectivity index (χ4n) is 2.56. The quantitative estimate of drug-likeness (QED) is 0.884. The molecule has 1 aliphatic rings. The van der Waals surface area contributed by atoms with Crippen LogP contribution in [0.5, 0.6) is 0 Å². The van der Waals surface area contributed by atoms with E-state index in [9.17, 15) is 9.59 Å². The lowest BCUT2D eigenvalue weighted by Crippen LogP contribution is -2.25. The Morgan fingerprint density at radius 2 is 2.04 bits per heavy atom. The Hall–Kier alpha value is -2.89. The Balaban J connectivity index is 1.63. The van der Waals surface area contributed by atoms with E-state index in [1.165, 1.54) is 4.90 Å². The van der Waals surface area contributed by atoms with Crippen molar-refractivity contribution in [1.82, 2.24) is 4.98 Å². The van der Waals surface area contributed by atoms with Gasteiger partial charge in [0.15, 0.2) is 0 Å². The third-order valence-electron chi connectivity index (χ3n) is 3.85. The lowest BCUT2D eigenvalue weighted by molar-refractivity contribution is -0.141. The van der Waals surface area contributed by atoms with Crippen LogP contribution in [0.1, 0.15) is 12.0 Å². The largest absolute Gasteiger partial charge is 0.481 e. The van der Waals surface area contributed by atoms with E-state index in [1.807, 2.05) is 30.3 Å². The Morgan fingerprint density at radius 3 is 2.65 bits per heavy atom. The molecule has 1 aliphatic heterocycles. The molecular formula is C17H17N3O3. The number of aromatic nitrogens is 1. The summed E-state index contributed by atoms with van der Waals surface area (Å²) in [6, 6.07) is 13.5. The highest BCUT2D eigenvalue weighted by molar-refractivity contribution is 5.99. The number of hydrogen-bond acceptors (Lipinski definition) is 4. The maximum Gasteiger partial charge on any atom is 0.308 e. The standard InChI is InChI=1S/C17H17N3O3/c21-16-8-13(17(22)23)11-20(16)14-6-7-15(19-10-14)18-9-12-4-2-1-3-5-12/h1-7,10,13H,8-9,11H2,(H,18,19)(H,22,23). The molecule has 2 N–H and O–H groups in total. The summed E-state index contributed by atoms with van der Waals surface area (Å²) < 4.78 is 0. The van der Waals surface area contributed by atoms with Gasteiger partial charge in [0, 0.05) is 19.5 Å². The first-order valence-electron chi connectivity index (χ1n) is 7.40. The summed E-state index contributed by atoms with van der Waals surface area (Å²) in [4.78, 5) is 28.7. The zero-order valence-corrected chi connectivity index (χ0v) is 12.5. The van der Waals surface area contributed by atoms with E-state index >= 15 is 0 Å². The SMILES string of the molecule is O=C(O)C1CC(=O)N(c2ccc(NCc3ccccc3)nc2)C1. The molecule has 0 saturated carbocycles. The molecule has 0 aliphatic carbocycles. The third kappa shape index (κ3) is 3.48. The first-order valence-corrected chi connectivity index (χ1v) is 7.40. The van der Waals surface area contributed by atoms with Crippen LogP contribution in [-0.4, -0.2) is 28.5 Å². The van der Waals surface area contributed by atoms with Crippen molar-refractivity contribution in [3.63, 3.8) is 0 Å². The summed E-state index contributed by atoms with van der Waals surface area (Å²) in [7, 11) is 0. The van der Waals surface area contributed by atoms with Gasteiger partial charge >= 0.3 is 5.97 Å². The van der Waals surface area contributed by atoms with Crippen molar-refractivity contribution in [3.05, 3.63) is 54.2 Å². The van der Waals surface area contributed by atoms with E-state index < -0.39 is 11.9 Å². The summed E-state index contributed by atoms with van der Waals surface area (Å²) in [6.07, 6.45) is 1.64. The molecule has 2 aromatic rings. The van der Waals surface area contributed by atoms with Gasteiger partial charge < -0.3 is 15.3 Å². The van der Waals surface area contributed by atoms with Crippen LogP contribution in [0.4, 0.5) is 11.5 Å². The molecule has 1 aromatic carbocycles. The van der Waals surface area contributed by atoms with Crippen LogP contribution < -0.4 is 10.2 Å². The van der Waals surface area contributed by atoms with Crippen LogP contribution >= 0.6 is 0 Å². The van der Waals surface area contributed by atoms with E-state index in [0.717, 1.165) is 5.56 Å². The monoisotopic (exact) mass is 311 g/mol. The molecule has 118 valence electrons. The van der Waals surface area contributed by atoms with Gasteiger partial charge in [-0.1, -0.05) is 30.3 Å². The van der Waals surface area contributed by atoms with Crippen molar-refractivity contribution in [2.75, 3.05) is 16.8 Å². The molecule has 3 rings (SSSR count). The van der Waals surface area contributed by atoms with Gasteiger partial charge in [-0.2, -0.15) is 0 Å². The molecular weight excluding hydrogens is 294 g/mol. The molecule has 2 heterocycles. The smallest absolute Gasteiger partial charge is 0.308 e. The molecule has 1 fully saturated rings. The summed E-state index contributed by atoms with van der Waals surface area (Å²) in [5, 5.41) is 12.2. The first kappa shape index (κ1) is 15.0. The van der Waals surface area contributed by atoms with Crippen molar-refractivity contribution < 1.29 is 14.7 Å². The molecule has 1 atom stereocenters. The van der Waals surface area contributed by atoms with Gasteiger partial charge in [-0.25, -0.2) is 4.98 Å². The number of aliphatic carboxylic acids is 1. The van der Waals surface area contributed by atoms with Crippen molar-refractivity contribution in [1.29, 1.82) is 0 Å². The molecule has 6 nitrogen and oxygen atoms in total. The number of hydrogen-bond donors (Lipinski definition) is 2. The number of rotatable bonds is 5. The number of carboxylic acid groups (broad SMARTS) is 1. The molecule has 1 saturated heterocycles. The van der Waals surface area contributed by atoms with Gasteiger partial charge in [0.1, 0.15) is 5.82 Å². The van der Waals surface area contributed by atoms with Crippen LogP contribution in [0.15, 0.2) is 48.7 Å². The van der Waals surface area contributed by atoms with Crippen LogP contribution in [-0.2, 0) is 16.1 Å². The number of carbonyl (C=O) groups is 2. The van der Waals surface area contributed by atoms with E-state index in [4.69, 9.17) is 5.11 Å². The van der Waals surface area contributed by atoms with Gasteiger partial charge in [0.25, 0.3) is 0 Å². The minimum Gasteiger partial charge on any atom is -0.481 e. The minimum atomic E-state index is -0.935. The van der Waals surface area contributed by atoms with E-state index in [2.05, 4.69) is 10.3 Å². The Labute approximate surface area is 133 Å². The normalized spacial score (nSPS) is 17.3. The Morgan fingerprint density at radius 1 is 1.26 bits per heavy atom. The second kappa shape index (κ2) is 6.48. The van der Waals surface area contributed by atoms with Crippen LogP contribution in [0.2, 0.25) is 0 Å². The molecule has 0 radical (unpaired) electrons. The molecule has 0 spiro atoms. The van der Waals surface area contributed by atoms with Gasteiger partial charge in [0.2, 0.25) is 5.91 Å². The van der Waals surface area contributed by atoms with Crippen molar-refractivity contribution >= 4 is 23.4 Å². The zero-order chi connectivity index (χ0) is 16.2. The fraction of sp³-hybridized carbons (Fsp3) is 0.235. The second-order valence-corrected chi connectivity index (χ2v) is 5.48. The predicted molar refractivity (Wildman–Crippen MR) is 86.1 cm³/mol. The Kier molecular flexibility index (Phi) is 4.23. The number of carboxylic acids is 1. The summed E-state index contributed by atoms with van der Waals surface area (Å²) >= 11 is 0. The maximum atomic E-state index is 11.9. The average molecular weight is 311 g/mol. The van der Waals surface area contributed by atoms with E-state index in [-0.39, 0.29) is 18.9 Å². The number of amides is 1. The molecule has 1 aromatic heterocycles. The molecule has 23 heavy (non-hydrogen) atoms. The predicted octanol–water partition coefficient (Wildman–Crippen LogP) is 2.13. The number of anilines is 2. The van der Waals surface area contributed by atoms with Gasteiger partial charge in [-0.3, -0.25) is 9.59 Å². The number of benzene rings is 1. The minimum absolute atomic E-state index is 0.0450. The van der Waals surface area contributed by atoms with Gasteiger partial charge in [0.05, 0.1) is 17.8 Å². The van der Waals surface area contributed by atoms with E-state index in [1.54, 1.807) is 18.3 Å². The highest BCUT2D eigenvalue weighted by atomic mass is 16.4. The zero-order valence-electron chi connectivity index (χ0n) is 12.5. The van der Waals surface area contributed by atoms with Gasteiger partial charge in [-0.05, 0) is 17.7 Å². The summed E-state index contributed by atoms with van der Waals surface area (Å²) in [5.74, 6) is -1.04. The second-order valence-electron chi connectivity index (χ2n) is 5.48. The maximum absolute atomic E-state index is 11.9. The number of nitrogens with zero attached hydrogens (tertiary/aromatic N) is 2. The molecule has 1 unspecified atom stereocenters. The number of nitrogens with one attached hydrogen (secondary N) is 1. The van der Waals surface area contributed by atoms with Crippen LogP contribution in [0, 0.1) is 5.92 Å². The molecule has 6 heteroatoms. The van der Waals surface area contributed by atoms with Crippen molar-refractivity contribution in [3.8, 4) is 0 Å². The van der Waals surface area contributed by atoms with E-state index in [0.29, 0.717) is 18.1 Å². The lowest BCUT2D eigenvalue weighted by Gasteiger charge is -2.16. The number of pyridine rings is 1. The summed E-state index contributed by atoms with van der Waals surface area (Å²) in [5.41, 5.74) is 1.78. The highest BCUT2D eigenvalue weighted by Gasteiger charge is 2.35. The molecule has 0 bridgehead atoms. The third-order valence-corrected chi connectivity index (χ3v) is 3.85. The van der Waals surface area contributed by atoms with Crippen LogP contribution in [0.3, 0.4) is 0 Å². The molecule has 1 amide bonds. The highest BCUT2D eigenvalue weighted by Crippen LogP contribution is 2.25.